The fraction of sp³-hybridized carbons (Fsp3) is 0.143. The molecule has 2 aromatic carbocycles. The highest BCUT2D eigenvalue weighted by molar-refractivity contribution is 7.93. The maximum Gasteiger partial charge on any atom is 0.265 e. The van der Waals surface area contributed by atoms with Gasteiger partial charge in [0.05, 0.1) is 23.9 Å². The zero-order chi connectivity index (χ0) is 15.5. The second kappa shape index (κ2) is 6.43. The lowest BCUT2D eigenvalue weighted by atomic mass is 10.3. The van der Waals surface area contributed by atoms with Crippen LogP contribution in [-0.4, -0.2) is 26.7 Å². The van der Waals surface area contributed by atoms with E-state index in [1.165, 1.54) is 30.3 Å². The number of halogens is 2. The molecule has 0 aliphatic heterocycles. The second-order valence-electron chi connectivity index (χ2n) is 4.21. The topological polar surface area (TPSA) is 57.6 Å². The third-order valence-electron chi connectivity index (χ3n) is 2.80. The van der Waals surface area contributed by atoms with Crippen molar-refractivity contribution in [1.29, 1.82) is 0 Å². The van der Waals surface area contributed by atoms with Crippen molar-refractivity contribution in [3.05, 3.63) is 59.4 Å². The van der Waals surface area contributed by atoms with Gasteiger partial charge in [-0.15, -0.1) is 0 Å². The van der Waals surface area contributed by atoms with Gasteiger partial charge in [-0.3, -0.25) is 4.31 Å². The first-order valence-electron chi connectivity index (χ1n) is 6.10. The largest absolute Gasteiger partial charge is 0.394 e. The minimum absolute atomic E-state index is 0.0665. The molecule has 0 amide bonds. The molecule has 4 nitrogen and oxygen atoms in total. The zero-order valence-electron chi connectivity index (χ0n) is 10.9. The minimum Gasteiger partial charge on any atom is -0.394 e. The van der Waals surface area contributed by atoms with Crippen molar-refractivity contribution in [2.45, 2.75) is 4.90 Å². The van der Waals surface area contributed by atoms with Gasteiger partial charge in [-0.1, -0.05) is 29.8 Å². The molecule has 1 N–H and O–H groups in total. The van der Waals surface area contributed by atoms with Gasteiger partial charge in [0.1, 0.15) is 10.7 Å². The van der Waals surface area contributed by atoms with E-state index in [1.54, 1.807) is 12.1 Å². The summed E-state index contributed by atoms with van der Waals surface area (Å²) in [5, 5.41) is 9.18. The van der Waals surface area contributed by atoms with Crippen LogP contribution in [-0.2, 0) is 10.0 Å². The summed E-state index contributed by atoms with van der Waals surface area (Å²) in [6.45, 7) is -0.600. The standard InChI is InChI=1S/C14H13ClFNO3S/c15-13-6-1-2-7-14(13)21(19,20)17(8-9-18)12-5-3-4-11(16)10-12/h1-7,10,18H,8-9H2. The molecule has 2 aromatic rings. The van der Waals surface area contributed by atoms with Gasteiger partial charge in [0.25, 0.3) is 10.0 Å². The van der Waals surface area contributed by atoms with Gasteiger partial charge in [-0.2, -0.15) is 0 Å². The smallest absolute Gasteiger partial charge is 0.265 e. The normalized spacial score (nSPS) is 11.4. The van der Waals surface area contributed by atoms with Crippen LogP contribution < -0.4 is 4.31 Å². The van der Waals surface area contributed by atoms with Crippen LogP contribution in [0.5, 0.6) is 0 Å². The van der Waals surface area contributed by atoms with Crippen molar-refractivity contribution in [3.8, 4) is 0 Å². The van der Waals surface area contributed by atoms with E-state index in [1.807, 2.05) is 0 Å². The molecule has 0 atom stereocenters. The first kappa shape index (κ1) is 15.8. The molecule has 0 aliphatic carbocycles. The number of aliphatic hydroxyl groups excluding tert-OH is 1. The first-order valence-corrected chi connectivity index (χ1v) is 7.92. The van der Waals surface area contributed by atoms with E-state index in [0.717, 1.165) is 10.4 Å². The van der Waals surface area contributed by atoms with Crippen molar-refractivity contribution in [2.75, 3.05) is 17.5 Å². The van der Waals surface area contributed by atoms with Crippen molar-refractivity contribution >= 4 is 27.3 Å². The Balaban J connectivity index is 2.54. The van der Waals surface area contributed by atoms with Crippen LogP contribution in [0.2, 0.25) is 5.02 Å². The molecular formula is C14H13ClFNO3S. The Morgan fingerprint density at radius 3 is 2.48 bits per heavy atom. The van der Waals surface area contributed by atoms with Crippen LogP contribution in [0.25, 0.3) is 0 Å². The van der Waals surface area contributed by atoms with Gasteiger partial charge in [-0.25, -0.2) is 12.8 Å². The summed E-state index contributed by atoms with van der Waals surface area (Å²) in [6, 6.07) is 11.1. The summed E-state index contributed by atoms with van der Waals surface area (Å²) in [4.78, 5) is -0.0932. The predicted molar refractivity (Wildman–Crippen MR) is 79.5 cm³/mol. The molecule has 0 radical (unpaired) electrons. The molecule has 2 rings (SSSR count). The molecule has 21 heavy (non-hydrogen) atoms. The monoisotopic (exact) mass is 329 g/mol. The van der Waals surface area contributed by atoms with E-state index in [0.29, 0.717) is 0 Å². The summed E-state index contributed by atoms with van der Waals surface area (Å²) in [6.07, 6.45) is 0. The quantitative estimate of drug-likeness (QED) is 0.917. The van der Waals surface area contributed by atoms with Gasteiger partial charge >= 0.3 is 0 Å². The Morgan fingerprint density at radius 1 is 1.14 bits per heavy atom. The lowest BCUT2D eigenvalue weighted by Gasteiger charge is -2.24. The van der Waals surface area contributed by atoms with Crippen LogP contribution in [0, 0.1) is 5.82 Å². The van der Waals surface area contributed by atoms with Gasteiger partial charge in [0, 0.05) is 0 Å². The summed E-state index contributed by atoms with van der Waals surface area (Å²) < 4.78 is 39.6. The summed E-state index contributed by atoms with van der Waals surface area (Å²) in [5.41, 5.74) is 0.129. The number of hydrogen-bond donors (Lipinski definition) is 1. The highest BCUT2D eigenvalue weighted by atomic mass is 35.5. The Bertz CT molecular complexity index is 737. The maximum absolute atomic E-state index is 13.3. The summed E-state index contributed by atoms with van der Waals surface area (Å²) in [7, 11) is -3.99. The lowest BCUT2D eigenvalue weighted by Crippen LogP contribution is -2.33. The molecule has 0 unspecified atom stereocenters. The summed E-state index contributed by atoms with van der Waals surface area (Å²) in [5.74, 6) is -0.565. The number of sulfonamides is 1. The third kappa shape index (κ3) is 3.34. The number of benzene rings is 2. The Hall–Kier alpha value is -1.63. The van der Waals surface area contributed by atoms with Crippen LogP contribution in [0.1, 0.15) is 0 Å². The number of nitrogens with zero attached hydrogens (tertiary/aromatic N) is 1. The third-order valence-corrected chi connectivity index (χ3v) is 5.13. The van der Waals surface area contributed by atoms with E-state index >= 15 is 0 Å². The second-order valence-corrected chi connectivity index (χ2v) is 6.45. The fourth-order valence-electron chi connectivity index (χ4n) is 1.88. The minimum atomic E-state index is -3.99. The van der Waals surface area contributed by atoms with Gasteiger partial charge in [0.15, 0.2) is 0 Å². The van der Waals surface area contributed by atoms with Gasteiger partial charge in [0.2, 0.25) is 0 Å². The molecule has 0 spiro atoms. The van der Waals surface area contributed by atoms with E-state index in [2.05, 4.69) is 0 Å². The van der Waals surface area contributed by atoms with Crippen LogP contribution >= 0.6 is 11.6 Å². The van der Waals surface area contributed by atoms with E-state index in [-0.39, 0.29) is 22.2 Å². The molecule has 0 aromatic heterocycles. The maximum atomic E-state index is 13.3. The Labute approximate surface area is 127 Å². The molecule has 112 valence electrons. The SMILES string of the molecule is O=S(=O)(c1ccccc1Cl)N(CCO)c1cccc(F)c1. The molecule has 0 bridgehead atoms. The van der Waals surface area contributed by atoms with E-state index < -0.39 is 22.4 Å². The van der Waals surface area contributed by atoms with Crippen LogP contribution in [0.4, 0.5) is 10.1 Å². The molecule has 0 saturated heterocycles. The molecule has 0 saturated carbocycles. The fourth-order valence-corrected chi connectivity index (χ4v) is 3.83. The molecule has 0 heterocycles. The van der Waals surface area contributed by atoms with Crippen LogP contribution in [0.15, 0.2) is 53.4 Å². The first-order chi connectivity index (χ1) is 9.96. The highest BCUT2D eigenvalue weighted by Gasteiger charge is 2.26. The van der Waals surface area contributed by atoms with Crippen molar-refractivity contribution in [3.63, 3.8) is 0 Å². The summed E-state index contributed by atoms with van der Waals surface area (Å²) >= 11 is 5.93. The zero-order valence-corrected chi connectivity index (χ0v) is 12.5. The average Bonchev–Trinajstić information content (AvgIpc) is 2.44. The van der Waals surface area contributed by atoms with Crippen molar-refractivity contribution in [1.82, 2.24) is 0 Å². The van der Waals surface area contributed by atoms with Crippen molar-refractivity contribution in [2.24, 2.45) is 0 Å². The molecule has 0 aliphatic rings. The average molecular weight is 330 g/mol. The van der Waals surface area contributed by atoms with Gasteiger partial charge in [-0.05, 0) is 30.3 Å². The number of aliphatic hydroxyl groups is 1. The van der Waals surface area contributed by atoms with E-state index in [9.17, 15) is 12.8 Å². The number of rotatable bonds is 5. The van der Waals surface area contributed by atoms with Gasteiger partial charge < -0.3 is 5.11 Å². The molecule has 7 heteroatoms. The predicted octanol–water partition coefficient (Wildman–Crippen LogP) is 2.67. The number of hydrogen-bond acceptors (Lipinski definition) is 3. The molecular weight excluding hydrogens is 317 g/mol. The van der Waals surface area contributed by atoms with Crippen molar-refractivity contribution < 1.29 is 17.9 Å². The number of anilines is 1. The highest BCUT2D eigenvalue weighted by Crippen LogP contribution is 2.28. The Kier molecular flexibility index (Phi) is 4.82. The lowest BCUT2D eigenvalue weighted by molar-refractivity contribution is 0.306. The Morgan fingerprint density at radius 2 is 1.86 bits per heavy atom. The molecule has 0 fully saturated rings. The van der Waals surface area contributed by atoms with E-state index in [4.69, 9.17) is 16.7 Å². The van der Waals surface area contributed by atoms with Crippen LogP contribution in [0.3, 0.4) is 0 Å².